The van der Waals surface area contributed by atoms with E-state index >= 15 is 0 Å². The van der Waals surface area contributed by atoms with Crippen molar-refractivity contribution in [2.75, 3.05) is 42.0 Å². The first kappa shape index (κ1) is 19.1. The minimum Gasteiger partial charge on any atom is -0.497 e. The predicted molar refractivity (Wildman–Crippen MR) is 107 cm³/mol. The Morgan fingerprint density at radius 1 is 0.926 bits per heavy atom. The molecular weight excluding hydrogens is 342 g/mol. The molecule has 0 N–H and O–H groups in total. The zero-order valence-corrected chi connectivity index (χ0v) is 16.6. The van der Waals surface area contributed by atoms with Gasteiger partial charge in [-0.1, -0.05) is 18.2 Å². The predicted octanol–water partition coefficient (Wildman–Crippen LogP) is 3.96. The van der Waals surface area contributed by atoms with Gasteiger partial charge in [-0.2, -0.15) is 0 Å². The van der Waals surface area contributed by atoms with Crippen molar-refractivity contribution in [3.63, 3.8) is 0 Å². The molecule has 2 aromatic carbocycles. The van der Waals surface area contributed by atoms with E-state index in [-0.39, 0.29) is 6.04 Å². The molecule has 0 bridgehead atoms. The molecule has 27 heavy (non-hydrogen) atoms. The van der Waals surface area contributed by atoms with Crippen LogP contribution in [0.15, 0.2) is 36.4 Å². The van der Waals surface area contributed by atoms with Gasteiger partial charge in [-0.15, -0.1) is 0 Å². The van der Waals surface area contributed by atoms with E-state index in [2.05, 4.69) is 36.2 Å². The number of ether oxygens (including phenoxy) is 4. The number of benzene rings is 2. The summed E-state index contributed by atoms with van der Waals surface area (Å²) >= 11 is 0. The Morgan fingerprint density at radius 2 is 1.63 bits per heavy atom. The van der Waals surface area contributed by atoms with Gasteiger partial charge in [0.2, 0.25) is 5.75 Å². The number of likely N-dealkylation sites (N-methyl/N-ethyl adjacent to an activating group) is 1. The van der Waals surface area contributed by atoms with Crippen molar-refractivity contribution in [2.45, 2.75) is 12.5 Å². The van der Waals surface area contributed by atoms with Gasteiger partial charge in [0.15, 0.2) is 11.5 Å². The Morgan fingerprint density at radius 3 is 2.22 bits per heavy atom. The second kappa shape index (κ2) is 8.35. The smallest absolute Gasteiger partial charge is 0.203 e. The minimum absolute atomic E-state index is 0.207. The molecule has 1 unspecified atom stereocenters. The summed E-state index contributed by atoms with van der Waals surface area (Å²) in [4.78, 5) is 2.35. The number of fused-ring (bicyclic) bond motifs is 1. The molecule has 0 fully saturated rings. The number of hydrogen-bond donors (Lipinski definition) is 0. The molecule has 144 valence electrons. The molecule has 0 saturated carbocycles. The Bertz CT molecular complexity index is 806. The second-order valence-electron chi connectivity index (χ2n) is 6.56. The quantitative estimate of drug-likeness (QED) is 0.771. The van der Waals surface area contributed by atoms with Crippen LogP contribution in [-0.4, -0.2) is 46.9 Å². The number of rotatable bonds is 6. The Balaban J connectivity index is 1.94. The number of nitrogens with zero attached hydrogens (tertiary/aromatic N) is 1. The SMILES string of the molecule is COc1ccc2c(c1)CCN(C)C2/C=C/c1cc(OC)c(OC)c(OC)c1. The molecule has 0 saturated heterocycles. The van der Waals surface area contributed by atoms with Crippen molar-refractivity contribution in [2.24, 2.45) is 0 Å². The van der Waals surface area contributed by atoms with E-state index in [9.17, 15) is 0 Å². The molecule has 5 nitrogen and oxygen atoms in total. The summed E-state index contributed by atoms with van der Waals surface area (Å²) in [5.74, 6) is 2.81. The van der Waals surface area contributed by atoms with E-state index in [4.69, 9.17) is 18.9 Å². The molecule has 0 aliphatic carbocycles. The summed E-state index contributed by atoms with van der Waals surface area (Å²) in [5.41, 5.74) is 3.65. The first-order chi connectivity index (χ1) is 13.1. The lowest BCUT2D eigenvalue weighted by Gasteiger charge is -2.33. The van der Waals surface area contributed by atoms with Gasteiger partial charge >= 0.3 is 0 Å². The average molecular weight is 369 g/mol. The Labute approximate surface area is 161 Å². The molecule has 0 aromatic heterocycles. The third-order valence-corrected chi connectivity index (χ3v) is 5.04. The van der Waals surface area contributed by atoms with Gasteiger partial charge in [-0.25, -0.2) is 0 Å². The molecule has 2 aromatic rings. The van der Waals surface area contributed by atoms with Gasteiger partial charge in [0.25, 0.3) is 0 Å². The lowest BCUT2D eigenvalue weighted by molar-refractivity contribution is 0.271. The fourth-order valence-electron chi connectivity index (χ4n) is 3.54. The molecular formula is C22H27NO4. The van der Waals surface area contributed by atoms with E-state index in [1.807, 2.05) is 18.2 Å². The molecule has 0 radical (unpaired) electrons. The van der Waals surface area contributed by atoms with Crippen molar-refractivity contribution in [1.82, 2.24) is 4.90 Å². The zero-order valence-electron chi connectivity index (χ0n) is 16.6. The van der Waals surface area contributed by atoms with Crippen LogP contribution in [0.4, 0.5) is 0 Å². The maximum Gasteiger partial charge on any atom is 0.203 e. The lowest BCUT2D eigenvalue weighted by atomic mass is 9.92. The normalized spacial score (nSPS) is 16.9. The molecule has 1 heterocycles. The topological polar surface area (TPSA) is 40.2 Å². The number of hydrogen-bond acceptors (Lipinski definition) is 5. The van der Waals surface area contributed by atoms with Crippen molar-refractivity contribution in [3.05, 3.63) is 53.1 Å². The standard InChI is InChI=1S/C22H27NO4/c1-23-11-10-16-14-17(24-2)7-8-18(16)19(23)9-6-15-12-20(25-3)22(27-5)21(13-15)26-4/h6-9,12-14,19H,10-11H2,1-5H3/b9-6+. The van der Waals surface area contributed by atoms with Gasteiger partial charge in [0.1, 0.15) is 5.75 Å². The molecule has 3 rings (SSSR count). The van der Waals surface area contributed by atoms with Crippen LogP contribution in [0, 0.1) is 0 Å². The van der Waals surface area contributed by atoms with Crippen LogP contribution < -0.4 is 18.9 Å². The maximum atomic E-state index is 5.45. The van der Waals surface area contributed by atoms with E-state index in [1.54, 1.807) is 28.4 Å². The first-order valence-electron chi connectivity index (χ1n) is 8.96. The second-order valence-corrected chi connectivity index (χ2v) is 6.56. The van der Waals surface area contributed by atoms with E-state index in [1.165, 1.54) is 11.1 Å². The summed E-state index contributed by atoms with van der Waals surface area (Å²) in [6, 6.07) is 10.4. The fraction of sp³-hybridized carbons (Fsp3) is 0.364. The molecule has 1 atom stereocenters. The van der Waals surface area contributed by atoms with Crippen molar-refractivity contribution < 1.29 is 18.9 Å². The Hall–Kier alpha value is -2.66. The highest BCUT2D eigenvalue weighted by atomic mass is 16.5. The van der Waals surface area contributed by atoms with Crippen molar-refractivity contribution in [1.29, 1.82) is 0 Å². The highest BCUT2D eigenvalue weighted by molar-refractivity contribution is 5.62. The van der Waals surface area contributed by atoms with Gasteiger partial charge in [0.05, 0.1) is 34.5 Å². The van der Waals surface area contributed by atoms with Crippen LogP contribution in [-0.2, 0) is 6.42 Å². The first-order valence-corrected chi connectivity index (χ1v) is 8.96. The van der Waals surface area contributed by atoms with Crippen LogP contribution in [0.3, 0.4) is 0 Å². The summed E-state index contributed by atoms with van der Waals surface area (Å²) in [6.07, 6.45) is 5.34. The van der Waals surface area contributed by atoms with E-state index in [0.717, 1.165) is 24.3 Å². The van der Waals surface area contributed by atoms with Gasteiger partial charge in [0, 0.05) is 6.54 Å². The number of methoxy groups -OCH3 is 4. The molecule has 5 heteroatoms. The monoisotopic (exact) mass is 369 g/mol. The van der Waals surface area contributed by atoms with Crippen molar-refractivity contribution >= 4 is 6.08 Å². The highest BCUT2D eigenvalue weighted by Crippen LogP contribution is 2.39. The maximum absolute atomic E-state index is 5.45. The molecule has 1 aliphatic rings. The minimum atomic E-state index is 0.207. The largest absolute Gasteiger partial charge is 0.497 e. The highest BCUT2D eigenvalue weighted by Gasteiger charge is 2.23. The summed E-state index contributed by atoms with van der Waals surface area (Å²) in [6.45, 7) is 1.00. The van der Waals surface area contributed by atoms with Gasteiger partial charge < -0.3 is 18.9 Å². The van der Waals surface area contributed by atoms with Crippen LogP contribution in [0.5, 0.6) is 23.0 Å². The third-order valence-electron chi connectivity index (χ3n) is 5.04. The van der Waals surface area contributed by atoms with Crippen LogP contribution in [0.25, 0.3) is 6.08 Å². The average Bonchev–Trinajstić information content (AvgIpc) is 2.71. The van der Waals surface area contributed by atoms with Crippen LogP contribution >= 0.6 is 0 Å². The summed E-state index contributed by atoms with van der Waals surface area (Å²) in [7, 11) is 8.72. The Kier molecular flexibility index (Phi) is 5.91. The molecule has 0 amide bonds. The van der Waals surface area contributed by atoms with E-state index in [0.29, 0.717) is 17.2 Å². The van der Waals surface area contributed by atoms with Crippen LogP contribution in [0.2, 0.25) is 0 Å². The summed E-state index contributed by atoms with van der Waals surface area (Å²) < 4.78 is 21.7. The third kappa shape index (κ3) is 3.88. The lowest BCUT2D eigenvalue weighted by Crippen LogP contribution is -2.31. The van der Waals surface area contributed by atoms with E-state index < -0.39 is 0 Å². The molecule has 0 spiro atoms. The van der Waals surface area contributed by atoms with Crippen LogP contribution in [0.1, 0.15) is 22.7 Å². The summed E-state index contributed by atoms with van der Waals surface area (Å²) in [5, 5.41) is 0. The molecule has 1 aliphatic heterocycles. The van der Waals surface area contributed by atoms with Gasteiger partial charge in [-0.05, 0) is 54.4 Å². The fourth-order valence-corrected chi connectivity index (χ4v) is 3.54. The van der Waals surface area contributed by atoms with Crippen molar-refractivity contribution in [3.8, 4) is 23.0 Å². The zero-order chi connectivity index (χ0) is 19.4. The van der Waals surface area contributed by atoms with Gasteiger partial charge in [-0.3, -0.25) is 4.90 Å².